The summed E-state index contributed by atoms with van der Waals surface area (Å²) >= 11 is 0. The quantitative estimate of drug-likeness (QED) is 0.833. The van der Waals surface area contributed by atoms with Gasteiger partial charge in [0.15, 0.2) is 5.69 Å². The van der Waals surface area contributed by atoms with Gasteiger partial charge in [0.05, 0.1) is 0 Å². The van der Waals surface area contributed by atoms with Gasteiger partial charge >= 0.3 is 5.97 Å². The Labute approximate surface area is 97.2 Å². The van der Waals surface area contributed by atoms with Crippen LogP contribution in [0.4, 0.5) is 0 Å². The van der Waals surface area contributed by atoms with Crippen molar-refractivity contribution in [3.63, 3.8) is 0 Å². The summed E-state index contributed by atoms with van der Waals surface area (Å²) in [4.78, 5) is 10.8. The number of aryl methyl sites for hydroxylation is 1. The summed E-state index contributed by atoms with van der Waals surface area (Å²) in [6.45, 7) is 1.99. The molecule has 0 amide bonds. The highest BCUT2D eigenvalue weighted by Gasteiger charge is 2.15. The summed E-state index contributed by atoms with van der Waals surface area (Å²) in [7, 11) is 0. The molecule has 6 nitrogen and oxygen atoms in total. The van der Waals surface area contributed by atoms with Crippen molar-refractivity contribution in [3.05, 3.63) is 41.2 Å². The van der Waals surface area contributed by atoms with E-state index in [9.17, 15) is 4.79 Å². The van der Waals surface area contributed by atoms with E-state index in [0.717, 1.165) is 5.56 Å². The molecule has 6 heteroatoms. The van der Waals surface area contributed by atoms with Gasteiger partial charge in [-0.05, 0) is 18.6 Å². The molecule has 2 aromatic rings. The molecule has 0 fully saturated rings. The largest absolute Gasteiger partial charge is 0.487 e. The Morgan fingerprint density at radius 2 is 2.18 bits per heavy atom. The van der Waals surface area contributed by atoms with E-state index in [4.69, 9.17) is 9.84 Å². The lowest BCUT2D eigenvalue weighted by molar-refractivity contribution is 0.0687. The van der Waals surface area contributed by atoms with Gasteiger partial charge < -0.3 is 9.84 Å². The lowest BCUT2D eigenvalue weighted by Crippen LogP contribution is -2.05. The van der Waals surface area contributed by atoms with Crippen molar-refractivity contribution in [2.75, 3.05) is 0 Å². The van der Waals surface area contributed by atoms with Gasteiger partial charge in [-0.25, -0.2) is 4.79 Å². The Morgan fingerprint density at radius 3 is 2.88 bits per heavy atom. The van der Waals surface area contributed by atoms with E-state index in [0.29, 0.717) is 5.75 Å². The molecule has 0 saturated carbocycles. The van der Waals surface area contributed by atoms with Crippen LogP contribution in [0.15, 0.2) is 24.3 Å². The van der Waals surface area contributed by atoms with E-state index in [1.54, 1.807) is 0 Å². The Bertz CT molecular complexity index is 536. The van der Waals surface area contributed by atoms with Gasteiger partial charge in [0.25, 0.3) is 0 Å². The number of carbonyl (C=O) groups is 1. The molecule has 1 heterocycles. The van der Waals surface area contributed by atoms with Gasteiger partial charge in [0.1, 0.15) is 18.1 Å². The van der Waals surface area contributed by atoms with Crippen LogP contribution in [0, 0.1) is 6.92 Å². The second-order valence-corrected chi connectivity index (χ2v) is 3.48. The average molecular weight is 233 g/mol. The second kappa shape index (κ2) is 4.65. The number of nitrogens with zero attached hydrogens (tertiary/aromatic N) is 2. The number of aromatic carboxylic acids is 1. The zero-order valence-electron chi connectivity index (χ0n) is 9.17. The summed E-state index contributed by atoms with van der Waals surface area (Å²) in [5, 5.41) is 18.4. The molecule has 17 heavy (non-hydrogen) atoms. The van der Waals surface area contributed by atoms with Crippen LogP contribution in [0.5, 0.6) is 5.75 Å². The van der Waals surface area contributed by atoms with Crippen LogP contribution >= 0.6 is 0 Å². The Morgan fingerprint density at radius 1 is 1.41 bits per heavy atom. The molecule has 0 bridgehead atoms. The molecule has 0 aliphatic carbocycles. The Kier molecular flexibility index (Phi) is 3.04. The lowest BCUT2D eigenvalue weighted by atomic mass is 10.2. The van der Waals surface area contributed by atoms with E-state index in [-0.39, 0.29) is 18.0 Å². The number of aromatic nitrogens is 3. The summed E-state index contributed by atoms with van der Waals surface area (Å²) < 4.78 is 5.49. The summed E-state index contributed by atoms with van der Waals surface area (Å²) in [5.41, 5.74) is 1.15. The molecule has 0 radical (unpaired) electrons. The summed E-state index contributed by atoms with van der Waals surface area (Å²) in [5.74, 6) is -0.422. The highest BCUT2D eigenvalue weighted by atomic mass is 16.5. The maximum absolute atomic E-state index is 10.8. The van der Waals surface area contributed by atoms with Crippen LogP contribution in [0.25, 0.3) is 0 Å². The van der Waals surface area contributed by atoms with Crippen LogP contribution in [0.3, 0.4) is 0 Å². The van der Waals surface area contributed by atoms with Gasteiger partial charge in [0.2, 0.25) is 0 Å². The second-order valence-electron chi connectivity index (χ2n) is 3.48. The van der Waals surface area contributed by atoms with Gasteiger partial charge in [-0.15, -0.1) is 5.10 Å². The Balaban J connectivity index is 2.10. The monoisotopic (exact) mass is 233 g/mol. The number of aromatic amines is 1. The van der Waals surface area contributed by atoms with Gasteiger partial charge in [-0.2, -0.15) is 10.3 Å². The fourth-order valence-corrected chi connectivity index (χ4v) is 1.39. The molecule has 0 aliphatic heterocycles. The van der Waals surface area contributed by atoms with Crippen molar-refractivity contribution in [1.82, 2.24) is 15.4 Å². The average Bonchev–Trinajstić information content (AvgIpc) is 2.76. The SMILES string of the molecule is Cc1ccccc1OCc1n[nH]nc1C(=O)O. The van der Waals surface area contributed by atoms with Crippen molar-refractivity contribution in [1.29, 1.82) is 0 Å². The number of carboxylic acids is 1. The highest BCUT2D eigenvalue weighted by Crippen LogP contribution is 2.17. The first-order chi connectivity index (χ1) is 8.18. The normalized spacial score (nSPS) is 10.2. The molecular weight excluding hydrogens is 222 g/mol. The van der Waals surface area contributed by atoms with E-state index < -0.39 is 5.97 Å². The zero-order valence-corrected chi connectivity index (χ0v) is 9.17. The van der Waals surface area contributed by atoms with E-state index in [1.165, 1.54) is 0 Å². The van der Waals surface area contributed by atoms with Crippen molar-refractivity contribution in [2.24, 2.45) is 0 Å². The third-order valence-corrected chi connectivity index (χ3v) is 2.28. The standard InChI is InChI=1S/C11H11N3O3/c1-7-4-2-3-5-9(7)17-6-8-10(11(15)16)13-14-12-8/h2-5H,6H2,1H3,(H,15,16)(H,12,13,14). The van der Waals surface area contributed by atoms with Crippen molar-refractivity contribution in [2.45, 2.75) is 13.5 Å². The topological polar surface area (TPSA) is 88.1 Å². The lowest BCUT2D eigenvalue weighted by Gasteiger charge is -2.06. The third-order valence-electron chi connectivity index (χ3n) is 2.28. The zero-order chi connectivity index (χ0) is 12.3. The molecule has 0 spiro atoms. The number of para-hydroxylation sites is 1. The number of rotatable bonds is 4. The molecule has 0 atom stereocenters. The van der Waals surface area contributed by atoms with Crippen LogP contribution < -0.4 is 4.74 Å². The third kappa shape index (κ3) is 2.41. The molecular formula is C11H11N3O3. The first kappa shape index (κ1) is 11.1. The molecule has 0 saturated heterocycles. The summed E-state index contributed by atoms with van der Waals surface area (Å²) in [6.07, 6.45) is 0. The number of carboxylic acid groups (broad SMARTS) is 1. The first-order valence-corrected chi connectivity index (χ1v) is 5.00. The molecule has 0 aliphatic rings. The predicted molar refractivity (Wildman–Crippen MR) is 58.9 cm³/mol. The van der Waals surface area contributed by atoms with Crippen molar-refractivity contribution in [3.8, 4) is 5.75 Å². The molecule has 2 N–H and O–H groups in total. The van der Waals surface area contributed by atoms with E-state index in [1.807, 2.05) is 31.2 Å². The van der Waals surface area contributed by atoms with Crippen LogP contribution in [-0.2, 0) is 6.61 Å². The van der Waals surface area contributed by atoms with Crippen LogP contribution in [0.2, 0.25) is 0 Å². The fraction of sp³-hybridized carbons (Fsp3) is 0.182. The fourth-order valence-electron chi connectivity index (χ4n) is 1.39. The number of benzene rings is 1. The minimum absolute atomic E-state index is 0.0724. The molecule has 0 unspecified atom stereocenters. The summed E-state index contributed by atoms with van der Waals surface area (Å²) in [6, 6.07) is 7.48. The molecule has 88 valence electrons. The Hall–Kier alpha value is -2.37. The minimum atomic E-state index is -1.12. The van der Waals surface area contributed by atoms with Crippen molar-refractivity contribution < 1.29 is 14.6 Å². The van der Waals surface area contributed by atoms with Gasteiger partial charge in [0, 0.05) is 0 Å². The molecule has 2 rings (SSSR count). The van der Waals surface area contributed by atoms with Crippen LogP contribution in [-0.4, -0.2) is 26.5 Å². The smallest absolute Gasteiger partial charge is 0.358 e. The number of ether oxygens (including phenoxy) is 1. The van der Waals surface area contributed by atoms with Crippen molar-refractivity contribution >= 4 is 5.97 Å². The first-order valence-electron chi connectivity index (χ1n) is 5.00. The number of hydrogen-bond acceptors (Lipinski definition) is 4. The van der Waals surface area contributed by atoms with Gasteiger partial charge in [-0.3, -0.25) is 0 Å². The number of H-pyrrole nitrogens is 1. The number of hydrogen-bond donors (Lipinski definition) is 2. The highest BCUT2D eigenvalue weighted by molar-refractivity contribution is 5.86. The predicted octanol–water partition coefficient (Wildman–Crippen LogP) is 1.39. The molecule has 1 aromatic heterocycles. The van der Waals surface area contributed by atoms with E-state index in [2.05, 4.69) is 15.4 Å². The van der Waals surface area contributed by atoms with E-state index >= 15 is 0 Å². The number of nitrogens with one attached hydrogen (secondary N) is 1. The molecule has 1 aromatic carbocycles. The minimum Gasteiger partial charge on any atom is -0.487 e. The van der Waals surface area contributed by atoms with Gasteiger partial charge in [-0.1, -0.05) is 18.2 Å². The maximum atomic E-state index is 10.8. The van der Waals surface area contributed by atoms with Crippen LogP contribution in [0.1, 0.15) is 21.7 Å². The maximum Gasteiger partial charge on any atom is 0.358 e.